The number of rotatable bonds is 5. The smallest absolute Gasteiger partial charge is 0.255 e. The first-order chi connectivity index (χ1) is 10.4. The van der Waals surface area contributed by atoms with Gasteiger partial charge in [-0.2, -0.15) is 5.10 Å². The number of hydrogen-bond donors (Lipinski definition) is 2. The van der Waals surface area contributed by atoms with Gasteiger partial charge in [-0.25, -0.2) is 4.68 Å². The molecule has 2 N–H and O–H groups in total. The van der Waals surface area contributed by atoms with Gasteiger partial charge >= 0.3 is 0 Å². The van der Waals surface area contributed by atoms with Crippen molar-refractivity contribution in [1.82, 2.24) is 15.1 Å². The summed E-state index contributed by atoms with van der Waals surface area (Å²) in [4.78, 5) is 12.4. The molecule has 2 aromatic rings. The first-order valence-corrected chi connectivity index (χ1v) is 7.50. The summed E-state index contributed by atoms with van der Waals surface area (Å²) in [5, 5.41) is 16.2. The molecule has 118 valence electrons. The number of carbonyl (C=O) groups is 1. The van der Waals surface area contributed by atoms with Crippen LogP contribution in [0.25, 0.3) is 5.69 Å². The van der Waals surface area contributed by atoms with Crippen molar-refractivity contribution in [2.75, 3.05) is 6.61 Å². The molecular formula is C17H23N3O2. The Bertz CT molecular complexity index is 644. The van der Waals surface area contributed by atoms with Crippen molar-refractivity contribution in [2.45, 2.75) is 39.7 Å². The minimum atomic E-state index is -0.282. The second-order valence-electron chi connectivity index (χ2n) is 5.90. The largest absolute Gasteiger partial charge is 0.394 e. The Morgan fingerprint density at radius 2 is 1.91 bits per heavy atom. The summed E-state index contributed by atoms with van der Waals surface area (Å²) in [6.07, 6.45) is 1.59. The maximum atomic E-state index is 12.4. The molecule has 1 unspecified atom stereocenters. The third kappa shape index (κ3) is 3.36. The van der Waals surface area contributed by atoms with Crippen LogP contribution in [0.1, 0.15) is 48.3 Å². The number of aliphatic hydroxyl groups excluding tert-OH is 1. The fourth-order valence-corrected chi connectivity index (χ4v) is 2.33. The molecular weight excluding hydrogens is 278 g/mol. The van der Waals surface area contributed by atoms with Crippen LogP contribution in [0.5, 0.6) is 0 Å². The van der Waals surface area contributed by atoms with E-state index in [0.717, 1.165) is 11.4 Å². The standard InChI is InChI=1S/C17H23N3O2/c1-11(2)16-15(17(22)19-13(4)10-21)9-18-20(16)14-7-5-12(3)6-8-14/h5-9,11,13,21H,10H2,1-4H3,(H,19,22). The SMILES string of the molecule is Cc1ccc(-n2ncc(C(=O)NC(C)CO)c2C(C)C)cc1. The zero-order valence-corrected chi connectivity index (χ0v) is 13.5. The normalized spacial score (nSPS) is 12.5. The lowest BCUT2D eigenvalue weighted by Crippen LogP contribution is -2.35. The minimum absolute atomic E-state index is 0.0884. The van der Waals surface area contributed by atoms with E-state index in [0.29, 0.717) is 5.56 Å². The average Bonchev–Trinajstić information content (AvgIpc) is 2.93. The van der Waals surface area contributed by atoms with Crippen LogP contribution in [0.4, 0.5) is 0 Å². The molecule has 0 saturated carbocycles. The molecule has 1 aromatic carbocycles. The Morgan fingerprint density at radius 1 is 1.27 bits per heavy atom. The second kappa shape index (κ2) is 6.75. The number of amides is 1. The molecule has 5 heteroatoms. The van der Waals surface area contributed by atoms with Crippen LogP contribution in [0, 0.1) is 6.92 Å². The van der Waals surface area contributed by atoms with E-state index in [-0.39, 0.29) is 24.5 Å². The molecule has 0 radical (unpaired) electrons. The zero-order valence-electron chi connectivity index (χ0n) is 13.5. The zero-order chi connectivity index (χ0) is 16.3. The molecule has 0 aliphatic carbocycles. The summed E-state index contributed by atoms with van der Waals surface area (Å²) >= 11 is 0. The molecule has 0 spiro atoms. The van der Waals surface area contributed by atoms with Crippen LogP contribution in [0.15, 0.2) is 30.5 Å². The maximum absolute atomic E-state index is 12.4. The fourth-order valence-electron chi connectivity index (χ4n) is 2.33. The lowest BCUT2D eigenvalue weighted by atomic mass is 10.0. The quantitative estimate of drug-likeness (QED) is 0.891. The highest BCUT2D eigenvalue weighted by Gasteiger charge is 2.21. The summed E-state index contributed by atoms with van der Waals surface area (Å²) in [6, 6.07) is 7.75. The topological polar surface area (TPSA) is 67.2 Å². The highest BCUT2D eigenvalue weighted by atomic mass is 16.3. The van der Waals surface area contributed by atoms with Crippen LogP contribution in [0.2, 0.25) is 0 Å². The summed E-state index contributed by atoms with van der Waals surface area (Å²) in [5.74, 6) is -0.0578. The first kappa shape index (κ1) is 16.2. The van der Waals surface area contributed by atoms with E-state index in [1.54, 1.807) is 13.1 Å². The van der Waals surface area contributed by atoms with Gasteiger partial charge in [0.05, 0.1) is 29.7 Å². The lowest BCUT2D eigenvalue weighted by Gasteiger charge is -2.14. The van der Waals surface area contributed by atoms with Gasteiger partial charge in [-0.1, -0.05) is 31.5 Å². The Morgan fingerprint density at radius 3 is 2.45 bits per heavy atom. The molecule has 5 nitrogen and oxygen atoms in total. The highest BCUT2D eigenvalue weighted by Crippen LogP contribution is 2.23. The van der Waals surface area contributed by atoms with Gasteiger partial charge in [0.25, 0.3) is 5.91 Å². The van der Waals surface area contributed by atoms with Gasteiger partial charge in [0, 0.05) is 6.04 Å². The van der Waals surface area contributed by atoms with Crippen LogP contribution in [-0.2, 0) is 0 Å². The number of aromatic nitrogens is 2. The number of nitrogens with zero attached hydrogens (tertiary/aromatic N) is 2. The number of aryl methyl sites for hydroxylation is 1. The van der Waals surface area contributed by atoms with Crippen LogP contribution < -0.4 is 5.32 Å². The van der Waals surface area contributed by atoms with E-state index >= 15 is 0 Å². The van der Waals surface area contributed by atoms with Gasteiger partial charge in [0.1, 0.15) is 0 Å². The summed E-state index contributed by atoms with van der Waals surface area (Å²) < 4.78 is 1.81. The third-order valence-corrected chi connectivity index (χ3v) is 3.53. The minimum Gasteiger partial charge on any atom is -0.394 e. The molecule has 0 aliphatic heterocycles. The molecule has 1 aromatic heterocycles. The van der Waals surface area contributed by atoms with Gasteiger partial charge in [-0.3, -0.25) is 4.79 Å². The molecule has 0 bridgehead atoms. The van der Waals surface area contributed by atoms with E-state index in [9.17, 15) is 4.79 Å². The average molecular weight is 301 g/mol. The Labute approximate surface area is 131 Å². The van der Waals surface area contributed by atoms with Crippen molar-refractivity contribution < 1.29 is 9.90 Å². The fraction of sp³-hybridized carbons (Fsp3) is 0.412. The van der Waals surface area contributed by atoms with Crippen molar-refractivity contribution in [2.24, 2.45) is 0 Å². The van der Waals surface area contributed by atoms with Gasteiger partial charge in [0.2, 0.25) is 0 Å². The van der Waals surface area contributed by atoms with E-state index < -0.39 is 0 Å². The maximum Gasteiger partial charge on any atom is 0.255 e. The highest BCUT2D eigenvalue weighted by molar-refractivity contribution is 5.95. The van der Waals surface area contributed by atoms with Crippen LogP contribution in [0.3, 0.4) is 0 Å². The number of hydrogen-bond acceptors (Lipinski definition) is 3. The Hall–Kier alpha value is -2.14. The van der Waals surface area contributed by atoms with Crippen molar-refractivity contribution in [1.29, 1.82) is 0 Å². The van der Waals surface area contributed by atoms with E-state index in [2.05, 4.69) is 10.4 Å². The van der Waals surface area contributed by atoms with E-state index in [1.807, 2.05) is 49.7 Å². The summed E-state index contributed by atoms with van der Waals surface area (Å²) in [6.45, 7) is 7.78. The van der Waals surface area contributed by atoms with Gasteiger partial charge < -0.3 is 10.4 Å². The summed E-state index contributed by atoms with van der Waals surface area (Å²) in [5.41, 5.74) is 3.53. The van der Waals surface area contributed by atoms with E-state index in [1.165, 1.54) is 5.56 Å². The molecule has 0 fully saturated rings. The van der Waals surface area contributed by atoms with Crippen LogP contribution >= 0.6 is 0 Å². The number of carbonyl (C=O) groups excluding carboxylic acids is 1. The van der Waals surface area contributed by atoms with Crippen molar-refractivity contribution in [3.05, 3.63) is 47.3 Å². The number of aliphatic hydroxyl groups is 1. The van der Waals surface area contributed by atoms with Gasteiger partial charge in [-0.15, -0.1) is 0 Å². The molecule has 0 aliphatic rings. The third-order valence-electron chi connectivity index (χ3n) is 3.53. The second-order valence-corrected chi connectivity index (χ2v) is 5.90. The predicted molar refractivity (Wildman–Crippen MR) is 86.4 cm³/mol. The predicted octanol–water partition coefficient (Wildman–Crippen LogP) is 2.41. The monoisotopic (exact) mass is 301 g/mol. The molecule has 1 heterocycles. The summed E-state index contributed by atoms with van der Waals surface area (Å²) in [7, 11) is 0. The molecule has 22 heavy (non-hydrogen) atoms. The van der Waals surface area contributed by atoms with Crippen molar-refractivity contribution in [3.8, 4) is 5.69 Å². The lowest BCUT2D eigenvalue weighted by molar-refractivity contribution is 0.0921. The van der Waals surface area contributed by atoms with E-state index in [4.69, 9.17) is 5.11 Å². The Balaban J connectivity index is 2.41. The van der Waals surface area contributed by atoms with Crippen LogP contribution in [-0.4, -0.2) is 33.4 Å². The van der Waals surface area contributed by atoms with Gasteiger partial charge in [-0.05, 0) is 31.9 Å². The Kier molecular flexibility index (Phi) is 4.98. The molecule has 0 saturated heterocycles. The van der Waals surface area contributed by atoms with Crippen molar-refractivity contribution in [3.63, 3.8) is 0 Å². The number of benzene rings is 1. The molecule has 2 rings (SSSR count). The molecule has 1 atom stereocenters. The van der Waals surface area contributed by atoms with Gasteiger partial charge in [0.15, 0.2) is 0 Å². The number of nitrogens with one attached hydrogen (secondary N) is 1. The molecule has 1 amide bonds. The van der Waals surface area contributed by atoms with Crippen molar-refractivity contribution >= 4 is 5.91 Å². The first-order valence-electron chi connectivity index (χ1n) is 7.50.